The number of nitro benzene ring substituents is 1. The summed E-state index contributed by atoms with van der Waals surface area (Å²) in [4.78, 5) is 11.1. The van der Waals surface area contributed by atoms with Crippen molar-refractivity contribution in [2.45, 2.75) is 18.7 Å². The molecule has 0 unspecified atom stereocenters. The second kappa shape index (κ2) is 4.16. The van der Waals surface area contributed by atoms with E-state index in [0.717, 1.165) is 0 Å². The van der Waals surface area contributed by atoms with Crippen LogP contribution in [0.5, 0.6) is 0 Å². The van der Waals surface area contributed by atoms with Gasteiger partial charge in [-0.05, 0) is 31.0 Å². The molecule has 0 aliphatic carbocycles. The Morgan fingerprint density at radius 1 is 1.31 bits per heavy atom. The van der Waals surface area contributed by atoms with E-state index in [9.17, 15) is 18.5 Å². The van der Waals surface area contributed by atoms with Crippen LogP contribution in [0.3, 0.4) is 0 Å². The summed E-state index contributed by atoms with van der Waals surface area (Å²) in [7, 11) is -4.03. The number of hydrogen-bond acceptors (Lipinski definition) is 5. The van der Waals surface area contributed by atoms with Gasteiger partial charge in [0, 0.05) is 6.07 Å². The maximum Gasteiger partial charge on any atom is 0.289 e. The molecule has 0 amide bonds. The first kappa shape index (κ1) is 12.6. The number of rotatable bonds is 3. The molecule has 0 heterocycles. The first-order chi connectivity index (χ1) is 7.29. The summed E-state index contributed by atoms with van der Waals surface area (Å²) in [5, 5.41) is 10.7. The van der Waals surface area contributed by atoms with Crippen LogP contribution < -0.4 is 10.7 Å². The number of hydrogen-bond donors (Lipinski definition) is 2. The van der Waals surface area contributed by atoms with Crippen LogP contribution in [0.2, 0.25) is 0 Å². The van der Waals surface area contributed by atoms with Crippen LogP contribution in [0.15, 0.2) is 17.0 Å². The third kappa shape index (κ3) is 2.18. The largest absolute Gasteiger partial charge is 0.289 e. The molecule has 3 N–H and O–H groups in total. The number of nitrogens with two attached hydrogens (primary N) is 1. The lowest BCUT2D eigenvalue weighted by Gasteiger charge is -2.06. The summed E-state index contributed by atoms with van der Waals surface area (Å²) >= 11 is 0. The van der Waals surface area contributed by atoms with Gasteiger partial charge in [0.1, 0.15) is 0 Å². The summed E-state index contributed by atoms with van der Waals surface area (Å²) in [5.74, 6) is 4.83. The molecule has 88 valence electrons. The van der Waals surface area contributed by atoms with Gasteiger partial charge in [0.05, 0.1) is 4.92 Å². The van der Waals surface area contributed by atoms with Crippen molar-refractivity contribution < 1.29 is 13.3 Å². The summed E-state index contributed by atoms with van der Waals surface area (Å²) < 4.78 is 22.9. The van der Waals surface area contributed by atoms with Crippen molar-refractivity contribution in [3.8, 4) is 0 Å². The van der Waals surface area contributed by atoms with E-state index in [1.165, 1.54) is 12.1 Å². The lowest BCUT2D eigenvalue weighted by atomic mass is 10.1. The van der Waals surface area contributed by atoms with Crippen molar-refractivity contribution in [2.24, 2.45) is 5.84 Å². The molecule has 0 spiro atoms. The molecule has 7 nitrogen and oxygen atoms in total. The Kier molecular flexibility index (Phi) is 3.27. The van der Waals surface area contributed by atoms with Gasteiger partial charge in [0.25, 0.3) is 15.7 Å². The van der Waals surface area contributed by atoms with Crippen LogP contribution in [-0.4, -0.2) is 13.3 Å². The molecule has 16 heavy (non-hydrogen) atoms. The van der Waals surface area contributed by atoms with Gasteiger partial charge in [-0.15, -0.1) is 4.83 Å². The minimum absolute atomic E-state index is 0.428. The number of nitro groups is 1. The summed E-state index contributed by atoms with van der Waals surface area (Å²) in [6.07, 6.45) is 0. The Morgan fingerprint density at radius 3 is 2.25 bits per heavy atom. The number of hydrazine groups is 1. The fraction of sp³-hybridized carbons (Fsp3) is 0.250. The Balaban J connectivity index is 3.61. The lowest BCUT2D eigenvalue weighted by Crippen LogP contribution is -2.30. The molecule has 0 aliphatic heterocycles. The number of benzene rings is 1. The smallest absolute Gasteiger partial charge is 0.258 e. The number of sulfonamides is 1. The molecule has 0 fully saturated rings. The Morgan fingerprint density at radius 2 is 1.81 bits per heavy atom. The molecule has 0 saturated carbocycles. The first-order valence-electron chi connectivity index (χ1n) is 4.27. The van der Waals surface area contributed by atoms with Crippen molar-refractivity contribution >= 4 is 15.7 Å². The van der Waals surface area contributed by atoms with Crippen molar-refractivity contribution in [3.05, 3.63) is 33.4 Å². The predicted octanol–water partition coefficient (Wildman–Crippen LogP) is 0.364. The molecule has 0 aliphatic rings. The van der Waals surface area contributed by atoms with Crippen LogP contribution in [-0.2, 0) is 10.0 Å². The van der Waals surface area contributed by atoms with E-state index in [-0.39, 0.29) is 0 Å². The van der Waals surface area contributed by atoms with Crippen molar-refractivity contribution in [2.75, 3.05) is 0 Å². The highest BCUT2D eigenvalue weighted by molar-refractivity contribution is 7.89. The van der Waals surface area contributed by atoms with Gasteiger partial charge in [-0.25, -0.2) is 8.42 Å². The topological polar surface area (TPSA) is 115 Å². The molecular weight excluding hydrogens is 234 g/mol. The normalized spacial score (nSPS) is 11.4. The van der Waals surface area contributed by atoms with E-state index in [0.29, 0.717) is 11.1 Å². The fourth-order valence-corrected chi connectivity index (χ4v) is 2.06. The minimum Gasteiger partial charge on any atom is -0.258 e. The lowest BCUT2D eigenvalue weighted by molar-refractivity contribution is -0.387. The van der Waals surface area contributed by atoms with Gasteiger partial charge in [-0.3, -0.25) is 16.0 Å². The van der Waals surface area contributed by atoms with E-state index < -0.39 is 25.5 Å². The average Bonchev–Trinajstić information content (AvgIpc) is 2.21. The van der Waals surface area contributed by atoms with Gasteiger partial charge in [0.2, 0.25) is 0 Å². The van der Waals surface area contributed by atoms with E-state index >= 15 is 0 Å². The minimum atomic E-state index is -4.03. The van der Waals surface area contributed by atoms with Gasteiger partial charge in [0.15, 0.2) is 4.90 Å². The predicted molar refractivity (Wildman–Crippen MR) is 57.1 cm³/mol. The monoisotopic (exact) mass is 245 g/mol. The number of nitrogens with zero attached hydrogens (tertiary/aromatic N) is 1. The van der Waals surface area contributed by atoms with Crippen LogP contribution in [0.25, 0.3) is 0 Å². The van der Waals surface area contributed by atoms with E-state index in [4.69, 9.17) is 5.84 Å². The summed E-state index contributed by atoms with van der Waals surface area (Å²) in [6.45, 7) is 3.32. The highest BCUT2D eigenvalue weighted by atomic mass is 32.2. The van der Waals surface area contributed by atoms with Crippen LogP contribution in [0.1, 0.15) is 11.1 Å². The van der Waals surface area contributed by atoms with E-state index in [2.05, 4.69) is 0 Å². The third-order valence-corrected chi connectivity index (χ3v) is 3.43. The maximum atomic E-state index is 11.4. The third-order valence-electron chi connectivity index (χ3n) is 2.22. The Bertz CT molecular complexity index is 538. The average molecular weight is 245 g/mol. The summed E-state index contributed by atoms with van der Waals surface area (Å²) in [5.41, 5.74) is 0.795. The van der Waals surface area contributed by atoms with Gasteiger partial charge in [-0.1, -0.05) is 0 Å². The maximum absolute atomic E-state index is 11.4. The van der Waals surface area contributed by atoms with Crippen LogP contribution in [0, 0.1) is 24.0 Å². The molecule has 1 aromatic rings. The first-order valence-corrected chi connectivity index (χ1v) is 5.76. The van der Waals surface area contributed by atoms with Gasteiger partial charge < -0.3 is 0 Å². The number of nitrogens with one attached hydrogen (secondary N) is 1. The SMILES string of the molecule is Cc1cc([N+](=O)[O-])c(S(=O)(=O)NN)cc1C. The molecule has 1 rings (SSSR count). The zero-order valence-corrected chi connectivity index (χ0v) is 9.54. The second-order valence-electron chi connectivity index (χ2n) is 3.28. The highest BCUT2D eigenvalue weighted by Crippen LogP contribution is 2.26. The quantitative estimate of drug-likeness (QED) is 0.453. The zero-order valence-electron chi connectivity index (χ0n) is 8.72. The van der Waals surface area contributed by atoms with Crippen LogP contribution >= 0.6 is 0 Å². The molecule has 0 aromatic heterocycles. The molecule has 1 aromatic carbocycles. The molecular formula is C8H11N3O4S. The molecule has 8 heteroatoms. The van der Waals surface area contributed by atoms with Crippen molar-refractivity contribution in [1.29, 1.82) is 0 Å². The number of aryl methyl sites for hydroxylation is 2. The highest BCUT2D eigenvalue weighted by Gasteiger charge is 2.25. The Labute approximate surface area is 92.4 Å². The molecule has 0 bridgehead atoms. The molecule has 0 saturated heterocycles. The van der Waals surface area contributed by atoms with Gasteiger partial charge >= 0.3 is 0 Å². The fourth-order valence-electron chi connectivity index (χ4n) is 1.20. The van der Waals surface area contributed by atoms with Crippen molar-refractivity contribution in [1.82, 2.24) is 4.83 Å². The van der Waals surface area contributed by atoms with Gasteiger partial charge in [-0.2, -0.15) is 0 Å². The van der Waals surface area contributed by atoms with E-state index in [1.807, 2.05) is 0 Å². The van der Waals surface area contributed by atoms with Crippen LogP contribution in [0.4, 0.5) is 5.69 Å². The zero-order chi connectivity index (χ0) is 12.5. The second-order valence-corrected chi connectivity index (χ2v) is 4.96. The van der Waals surface area contributed by atoms with E-state index in [1.54, 1.807) is 18.7 Å². The van der Waals surface area contributed by atoms with Crippen molar-refractivity contribution in [3.63, 3.8) is 0 Å². The molecule has 0 radical (unpaired) electrons. The summed E-state index contributed by atoms with van der Waals surface area (Å²) in [6, 6.07) is 2.43. The Hall–Kier alpha value is -1.51. The standard InChI is InChI=1S/C8H11N3O4S/c1-5-3-7(11(12)13)8(4-6(5)2)16(14,15)10-9/h3-4,10H,9H2,1-2H3. The molecule has 0 atom stereocenters.